The molecule has 34 heavy (non-hydrogen) atoms. The van der Waals surface area contributed by atoms with Gasteiger partial charge in [0.15, 0.2) is 0 Å². The highest BCUT2D eigenvalue weighted by atomic mass is 35.5. The minimum atomic E-state index is 0.0514. The Balaban J connectivity index is 1.19. The summed E-state index contributed by atoms with van der Waals surface area (Å²) in [6.45, 7) is 6.66. The average Bonchev–Trinajstić information content (AvgIpc) is 3.16. The maximum Gasteiger partial charge on any atom is 0.256 e. The number of nitrogens with zero attached hydrogens (tertiary/aromatic N) is 3. The SMILES string of the molecule is CCc1ccc(CN2Cc3cc(CC4CCN(Cc5ccncc5)CC4)cc(Cl)c3C2=O)cc1. The molecular formula is C29H32ClN3O. The van der Waals surface area contributed by atoms with E-state index in [-0.39, 0.29) is 5.91 Å². The minimum absolute atomic E-state index is 0.0514. The molecule has 3 heterocycles. The Morgan fingerprint density at radius 2 is 1.59 bits per heavy atom. The first kappa shape index (κ1) is 23.1. The molecule has 1 saturated heterocycles. The number of pyridine rings is 1. The van der Waals surface area contributed by atoms with Crippen LogP contribution < -0.4 is 0 Å². The smallest absolute Gasteiger partial charge is 0.256 e. The third kappa shape index (κ3) is 5.18. The molecule has 0 saturated carbocycles. The van der Waals surface area contributed by atoms with Gasteiger partial charge in [-0.2, -0.15) is 0 Å². The Morgan fingerprint density at radius 1 is 0.912 bits per heavy atom. The lowest BCUT2D eigenvalue weighted by molar-refractivity contribution is 0.0767. The van der Waals surface area contributed by atoms with Crippen molar-refractivity contribution in [2.24, 2.45) is 5.92 Å². The van der Waals surface area contributed by atoms with Gasteiger partial charge in [0.25, 0.3) is 5.91 Å². The van der Waals surface area contributed by atoms with Crippen molar-refractivity contribution in [2.45, 2.75) is 52.2 Å². The third-order valence-electron chi connectivity index (χ3n) is 7.29. The summed E-state index contributed by atoms with van der Waals surface area (Å²) in [7, 11) is 0. The number of hydrogen-bond donors (Lipinski definition) is 0. The zero-order valence-electron chi connectivity index (χ0n) is 19.8. The van der Waals surface area contributed by atoms with E-state index in [0.717, 1.165) is 43.6 Å². The number of aryl methyl sites for hydroxylation is 1. The van der Waals surface area contributed by atoms with Crippen molar-refractivity contribution in [2.75, 3.05) is 13.1 Å². The molecule has 0 unspecified atom stereocenters. The van der Waals surface area contributed by atoms with Gasteiger partial charge in [-0.3, -0.25) is 14.7 Å². The van der Waals surface area contributed by atoms with E-state index in [1.54, 1.807) is 0 Å². The normalized spacial score (nSPS) is 16.8. The number of rotatable bonds is 7. The second-order valence-electron chi connectivity index (χ2n) is 9.72. The zero-order chi connectivity index (χ0) is 23.5. The van der Waals surface area contributed by atoms with Crippen LogP contribution in [0.4, 0.5) is 0 Å². The van der Waals surface area contributed by atoms with Gasteiger partial charge in [0.2, 0.25) is 0 Å². The van der Waals surface area contributed by atoms with Crippen LogP contribution in [-0.2, 0) is 32.5 Å². The lowest BCUT2D eigenvalue weighted by Crippen LogP contribution is -2.33. The summed E-state index contributed by atoms with van der Waals surface area (Å²) in [6, 6.07) is 17.0. The molecule has 0 aliphatic carbocycles. The van der Waals surface area contributed by atoms with Crippen LogP contribution in [0.5, 0.6) is 0 Å². The summed E-state index contributed by atoms with van der Waals surface area (Å²) in [6.07, 6.45) is 8.18. The van der Waals surface area contributed by atoms with E-state index in [0.29, 0.717) is 29.6 Å². The molecule has 1 fully saturated rings. The molecule has 2 aliphatic heterocycles. The first-order valence-electron chi connectivity index (χ1n) is 12.4. The van der Waals surface area contributed by atoms with Crippen molar-refractivity contribution in [3.63, 3.8) is 0 Å². The van der Waals surface area contributed by atoms with Gasteiger partial charge < -0.3 is 4.90 Å². The van der Waals surface area contributed by atoms with E-state index >= 15 is 0 Å². The number of piperidine rings is 1. The fraction of sp³-hybridized carbons (Fsp3) is 0.379. The molecule has 0 spiro atoms. The molecule has 2 aromatic carbocycles. The van der Waals surface area contributed by atoms with Crippen molar-refractivity contribution in [3.05, 3.63) is 99.3 Å². The number of likely N-dealkylation sites (tertiary alicyclic amines) is 1. The monoisotopic (exact) mass is 473 g/mol. The maximum atomic E-state index is 13.1. The molecule has 5 heteroatoms. The van der Waals surface area contributed by atoms with Crippen molar-refractivity contribution >= 4 is 17.5 Å². The zero-order valence-corrected chi connectivity index (χ0v) is 20.6. The molecular weight excluding hydrogens is 442 g/mol. The van der Waals surface area contributed by atoms with Gasteiger partial charge in [-0.15, -0.1) is 0 Å². The van der Waals surface area contributed by atoms with Gasteiger partial charge in [-0.25, -0.2) is 0 Å². The lowest BCUT2D eigenvalue weighted by atomic mass is 9.89. The van der Waals surface area contributed by atoms with Crippen LogP contribution in [0, 0.1) is 5.92 Å². The molecule has 0 radical (unpaired) electrons. The van der Waals surface area contributed by atoms with E-state index in [1.807, 2.05) is 23.4 Å². The maximum absolute atomic E-state index is 13.1. The summed E-state index contributed by atoms with van der Waals surface area (Å²) in [5.74, 6) is 0.712. The molecule has 176 valence electrons. The van der Waals surface area contributed by atoms with Gasteiger partial charge in [0.05, 0.1) is 10.6 Å². The number of carbonyl (C=O) groups is 1. The number of hydrogen-bond acceptors (Lipinski definition) is 3. The third-order valence-corrected chi connectivity index (χ3v) is 7.58. The van der Waals surface area contributed by atoms with Gasteiger partial charge in [-0.05, 0) is 90.7 Å². The molecule has 0 atom stereocenters. The first-order chi connectivity index (χ1) is 16.6. The molecule has 2 aliphatic rings. The number of aromatic nitrogens is 1. The molecule has 1 aromatic heterocycles. The lowest BCUT2D eigenvalue weighted by Gasteiger charge is -2.32. The van der Waals surface area contributed by atoms with Crippen LogP contribution in [0.25, 0.3) is 0 Å². The summed E-state index contributed by atoms with van der Waals surface area (Å²) < 4.78 is 0. The Hall–Kier alpha value is -2.69. The van der Waals surface area contributed by atoms with Crippen molar-refractivity contribution in [3.8, 4) is 0 Å². The molecule has 3 aromatic rings. The van der Waals surface area contributed by atoms with E-state index in [2.05, 4.69) is 59.3 Å². The van der Waals surface area contributed by atoms with Gasteiger partial charge in [0.1, 0.15) is 0 Å². The highest BCUT2D eigenvalue weighted by molar-refractivity contribution is 6.34. The van der Waals surface area contributed by atoms with Crippen LogP contribution >= 0.6 is 11.6 Å². The van der Waals surface area contributed by atoms with Crippen molar-refractivity contribution in [1.29, 1.82) is 0 Å². The van der Waals surface area contributed by atoms with Crippen LogP contribution in [0.3, 0.4) is 0 Å². The molecule has 1 amide bonds. The van der Waals surface area contributed by atoms with E-state index in [4.69, 9.17) is 11.6 Å². The Morgan fingerprint density at radius 3 is 2.29 bits per heavy atom. The first-order valence-corrected chi connectivity index (χ1v) is 12.8. The van der Waals surface area contributed by atoms with Gasteiger partial charge in [0, 0.05) is 32.0 Å². The summed E-state index contributed by atoms with van der Waals surface area (Å²) in [5.41, 5.74) is 6.84. The van der Waals surface area contributed by atoms with E-state index in [9.17, 15) is 4.79 Å². The quantitative estimate of drug-likeness (QED) is 0.428. The highest BCUT2D eigenvalue weighted by Crippen LogP contribution is 2.33. The molecule has 0 N–H and O–H groups in total. The standard InChI is InChI=1S/C29H32ClN3O/c1-2-21-3-5-23(6-4-21)19-33-20-26-16-25(17-27(30)28(26)29(33)34)15-22-9-13-32(14-10-22)18-24-7-11-31-12-8-24/h3-8,11-12,16-17,22H,2,9-10,13-15,18-20H2,1H3. The Bertz CT molecular complexity index is 1140. The van der Waals surface area contributed by atoms with Crippen LogP contribution in [0.2, 0.25) is 5.02 Å². The fourth-order valence-electron chi connectivity index (χ4n) is 5.30. The summed E-state index contributed by atoms with van der Waals surface area (Å²) >= 11 is 6.65. The number of amides is 1. The molecule has 5 rings (SSSR count). The topological polar surface area (TPSA) is 36.4 Å². The predicted octanol–water partition coefficient (Wildman–Crippen LogP) is 5.91. The number of carbonyl (C=O) groups excluding carboxylic acids is 1. The molecule has 0 bridgehead atoms. The van der Waals surface area contributed by atoms with Crippen molar-refractivity contribution < 1.29 is 4.79 Å². The second-order valence-corrected chi connectivity index (χ2v) is 10.1. The van der Waals surface area contributed by atoms with Crippen LogP contribution in [-0.4, -0.2) is 33.8 Å². The number of benzene rings is 2. The van der Waals surface area contributed by atoms with Crippen molar-refractivity contribution in [1.82, 2.24) is 14.8 Å². The van der Waals surface area contributed by atoms with E-state index in [1.165, 1.54) is 29.5 Å². The Kier molecular flexibility index (Phi) is 6.98. The van der Waals surface area contributed by atoms with E-state index < -0.39 is 0 Å². The van der Waals surface area contributed by atoms with Crippen LogP contribution in [0.1, 0.15) is 57.9 Å². The largest absolute Gasteiger partial charge is 0.330 e. The van der Waals surface area contributed by atoms with Crippen LogP contribution in [0.15, 0.2) is 60.9 Å². The number of halogens is 1. The Labute approximate surface area is 207 Å². The minimum Gasteiger partial charge on any atom is -0.330 e. The highest BCUT2D eigenvalue weighted by Gasteiger charge is 2.30. The average molecular weight is 474 g/mol. The second kappa shape index (κ2) is 10.3. The summed E-state index contributed by atoms with van der Waals surface area (Å²) in [4.78, 5) is 21.6. The van der Waals surface area contributed by atoms with Gasteiger partial charge >= 0.3 is 0 Å². The fourth-order valence-corrected chi connectivity index (χ4v) is 5.64. The summed E-state index contributed by atoms with van der Waals surface area (Å²) in [5, 5.41) is 0.608. The predicted molar refractivity (Wildman–Crippen MR) is 137 cm³/mol. The van der Waals surface area contributed by atoms with Gasteiger partial charge in [-0.1, -0.05) is 48.9 Å². The number of fused-ring (bicyclic) bond motifs is 1. The molecule has 4 nitrogen and oxygen atoms in total.